The van der Waals surface area contributed by atoms with E-state index in [1.165, 1.54) is 16.9 Å². The van der Waals surface area contributed by atoms with Gasteiger partial charge in [-0.3, -0.25) is 4.79 Å². The first-order chi connectivity index (χ1) is 11.8. The van der Waals surface area contributed by atoms with Crippen molar-refractivity contribution in [1.82, 2.24) is 9.80 Å². The Labute approximate surface area is 147 Å². The molecule has 0 saturated carbocycles. The molecule has 1 N–H and O–H groups in total. The first-order valence-corrected chi connectivity index (χ1v) is 8.28. The van der Waals surface area contributed by atoms with Gasteiger partial charge in [0.1, 0.15) is 6.04 Å². The molecule has 2 rings (SSSR count). The maximum absolute atomic E-state index is 13.0. The number of rotatable bonds is 5. The summed E-state index contributed by atoms with van der Waals surface area (Å²) in [7, 11) is 1.30. The van der Waals surface area contributed by atoms with Gasteiger partial charge in [-0.15, -0.1) is 0 Å². The summed E-state index contributed by atoms with van der Waals surface area (Å²) < 4.78 is 4.63. The van der Waals surface area contributed by atoms with Crippen LogP contribution in [-0.4, -0.2) is 58.6 Å². The van der Waals surface area contributed by atoms with Gasteiger partial charge < -0.3 is 19.6 Å². The van der Waals surface area contributed by atoms with Gasteiger partial charge in [-0.25, -0.2) is 9.59 Å². The molecule has 0 radical (unpaired) electrons. The minimum absolute atomic E-state index is 0.0720. The van der Waals surface area contributed by atoms with Crippen molar-refractivity contribution in [2.45, 2.75) is 45.3 Å². The van der Waals surface area contributed by atoms with Crippen molar-refractivity contribution in [3.8, 4) is 0 Å². The zero-order valence-electron chi connectivity index (χ0n) is 14.8. The highest BCUT2D eigenvalue weighted by molar-refractivity contribution is 5.84. The Kier molecular flexibility index (Phi) is 6.01. The maximum Gasteiger partial charge on any atom is 0.326 e. The highest BCUT2D eigenvalue weighted by Crippen LogP contribution is 2.25. The molecule has 1 unspecified atom stereocenters. The summed E-state index contributed by atoms with van der Waals surface area (Å²) in [5.74, 6) is -1.43. The molecule has 1 heterocycles. The van der Waals surface area contributed by atoms with E-state index in [1.54, 1.807) is 0 Å². The van der Waals surface area contributed by atoms with Gasteiger partial charge in [0.15, 0.2) is 0 Å². The van der Waals surface area contributed by atoms with Gasteiger partial charge in [-0.2, -0.15) is 0 Å². The number of amides is 2. The Hall–Kier alpha value is -2.57. The molecule has 7 nitrogen and oxygen atoms in total. The van der Waals surface area contributed by atoms with E-state index in [2.05, 4.69) is 4.74 Å². The van der Waals surface area contributed by atoms with Gasteiger partial charge in [0.2, 0.25) is 0 Å². The molecular formula is C18H24N2O5. The van der Waals surface area contributed by atoms with Crippen LogP contribution in [0.2, 0.25) is 0 Å². The fourth-order valence-electron chi connectivity index (χ4n) is 3.00. The smallest absolute Gasteiger partial charge is 0.326 e. The van der Waals surface area contributed by atoms with Crippen LogP contribution in [0.15, 0.2) is 24.3 Å². The number of methoxy groups -OCH3 is 1. The van der Waals surface area contributed by atoms with E-state index in [0.717, 1.165) is 11.1 Å². The number of urea groups is 1. The number of carboxylic acid groups (broad SMARTS) is 1. The van der Waals surface area contributed by atoms with Crippen LogP contribution in [0.1, 0.15) is 31.4 Å². The molecule has 1 aromatic carbocycles. The van der Waals surface area contributed by atoms with Gasteiger partial charge in [-0.05, 0) is 25.0 Å². The molecule has 2 amide bonds. The molecule has 25 heavy (non-hydrogen) atoms. The van der Waals surface area contributed by atoms with Crippen molar-refractivity contribution in [2.75, 3.05) is 13.7 Å². The minimum atomic E-state index is -1.03. The van der Waals surface area contributed by atoms with E-state index in [9.17, 15) is 19.5 Å². The molecule has 0 fully saturated rings. The van der Waals surface area contributed by atoms with Crippen molar-refractivity contribution in [2.24, 2.45) is 0 Å². The zero-order chi connectivity index (χ0) is 18.6. The van der Waals surface area contributed by atoms with Crippen LogP contribution >= 0.6 is 0 Å². The standard InChI is InChI=1S/C18H24N2O5/c1-12(2)19(9-8-16(21)25-3)18(24)20-11-14-7-5-4-6-13(14)10-15(20)17(22)23/h4-7,12,15H,8-11H2,1-3H3,(H,22,23). The number of carbonyl (C=O) groups is 3. The van der Waals surface area contributed by atoms with E-state index in [-0.39, 0.29) is 38.0 Å². The lowest BCUT2D eigenvalue weighted by atomic mass is 9.94. The number of hydrogen-bond acceptors (Lipinski definition) is 4. The first kappa shape index (κ1) is 18.8. The van der Waals surface area contributed by atoms with Crippen molar-refractivity contribution < 1.29 is 24.2 Å². The molecule has 1 aromatic rings. The molecule has 1 aliphatic rings. The number of ether oxygens (including phenoxy) is 1. The predicted octanol–water partition coefficient (Wildman–Crippen LogP) is 1.89. The van der Waals surface area contributed by atoms with E-state index < -0.39 is 18.0 Å². The van der Waals surface area contributed by atoms with E-state index in [4.69, 9.17) is 0 Å². The van der Waals surface area contributed by atoms with E-state index in [0.29, 0.717) is 0 Å². The van der Waals surface area contributed by atoms with E-state index >= 15 is 0 Å². The lowest BCUT2D eigenvalue weighted by Crippen LogP contribution is -2.55. The molecular weight excluding hydrogens is 324 g/mol. The number of nitrogens with zero attached hydrogens (tertiary/aromatic N) is 2. The van der Waals surface area contributed by atoms with Crippen LogP contribution in [0.4, 0.5) is 4.79 Å². The van der Waals surface area contributed by atoms with E-state index in [1.807, 2.05) is 38.1 Å². The Balaban J connectivity index is 2.24. The van der Waals surface area contributed by atoms with Crippen molar-refractivity contribution in [3.63, 3.8) is 0 Å². The molecule has 0 aliphatic carbocycles. The highest BCUT2D eigenvalue weighted by Gasteiger charge is 2.37. The average Bonchev–Trinajstić information content (AvgIpc) is 2.59. The third-order valence-corrected chi connectivity index (χ3v) is 4.43. The monoisotopic (exact) mass is 348 g/mol. The number of hydrogen-bond donors (Lipinski definition) is 1. The molecule has 0 saturated heterocycles. The highest BCUT2D eigenvalue weighted by atomic mass is 16.5. The molecule has 1 atom stereocenters. The second kappa shape index (κ2) is 8.00. The lowest BCUT2D eigenvalue weighted by Gasteiger charge is -2.39. The molecule has 136 valence electrons. The van der Waals surface area contributed by atoms with Crippen LogP contribution < -0.4 is 0 Å². The fraction of sp³-hybridized carbons (Fsp3) is 0.500. The van der Waals surface area contributed by atoms with Crippen LogP contribution in [0.3, 0.4) is 0 Å². The summed E-state index contributed by atoms with van der Waals surface area (Å²) in [5.41, 5.74) is 1.90. The molecule has 7 heteroatoms. The summed E-state index contributed by atoms with van der Waals surface area (Å²) in [6, 6.07) is 6.09. The number of aliphatic carboxylic acids is 1. The number of carbonyl (C=O) groups excluding carboxylic acids is 2. The first-order valence-electron chi connectivity index (χ1n) is 8.28. The zero-order valence-corrected chi connectivity index (χ0v) is 14.8. The largest absolute Gasteiger partial charge is 0.480 e. The fourth-order valence-corrected chi connectivity index (χ4v) is 3.00. The minimum Gasteiger partial charge on any atom is -0.480 e. The number of fused-ring (bicyclic) bond motifs is 1. The molecule has 0 spiro atoms. The van der Waals surface area contributed by atoms with Crippen molar-refractivity contribution in [1.29, 1.82) is 0 Å². The predicted molar refractivity (Wildman–Crippen MR) is 91.0 cm³/mol. The summed E-state index contributed by atoms with van der Waals surface area (Å²) in [6.07, 6.45) is 0.350. The Morgan fingerprint density at radius 3 is 2.48 bits per heavy atom. The van der Waals surface area contributed by atoms with Crippen molar-refractivity contribution in [3.05, 3.63) is 35.4 Å². The van der Waals surface area contributed by atoms with Crippen LogP contribution in [0, 0.1) is 0 Å². The second-order valence-electron chi connectivity index (χ2n) is 6.35. The lowest BCUT2D eigenvalue weighted by molar-refractivity contribution is -0.143. The van der Waals surface area contributed by atoms with Gasteiger partial charge in [0, 0.05) is 25.6 Å². The second-order valence-corrected chi connectivity index (χ2v) is 6.35. The third kappa shape index (κ3) is 4.29. The summed E-state index contributed by atoms with van der Waals surface area (Å²) in [4.78, 5) is 39.0. The van der Waals surface area contributed by atoms with Crippen LogP contribution in [-0.2, 0) is 27.3 Å². The molecule has 0 bridgehead atoms. The molecule has 0 aromatic heterocycles. The SMILES string of the molecule is COC(=O)CCN(C(=O)N1Cc2ccccc2CC1C(=O)O)C(C)C. The summed E-state index contributed by atoms with van der Waals surface area (Å²) in [5, 5.41) is 9.57. The van der Waals surface area contributed by atoms with Crippen molar-refractivity contribution >= 4 is 18.0 Å². The normalized spacial score (nSPS) is 16.3. The van der Waals surface area contributed by atoms with Crippen LogP contribution in [0.5, 0.6) is 0 Å². The Bertz CT molecular complexity index is 659. The third-order valence-electron chi connectivity index (χ3n) is 4.43. The van der Waals surface area contributed by atoms with Gasteiger partial charge in [0.25, 0.3) is 0 Å². The molecule has 1 aliphatic heterocycles. The number of benzene rings is 1. The Morgan fingerprint density at radius 2 is 1.92 bits per heavy atom. The number of esters is 1. The summed E-state index contributed by atoms with van der Waals surface area (Å²) in [6.45, 7) is 4.10. The van der Waals surface area contributed by atoms with Gasteiger partial charge in [-0.1, -0.05) is 24.3 Å². The van der Waals surface area contributed by atoms with Gasteiger partial charge in [0.05, 0.1) is 13.5 Å². The maximum atomic E-state index is 13.0. The topological polar surface area (TPSA) is 87.2 Å². The Morgan fingerprint density at radius 1 is 1.28 bits per heavy atom. The quantitative estimate of drug-likeness (QED) is 0.821. The van der Waals surface area contributed by atoms with Crippen LogP contribution in [0.25, 0.3) is 0 Å². The average molecular weight is 348 g/mol. The summed E-state index contributed by atoms with van der Waals surface area (Å²) >= 11 is 0. The van der Waals surface area contributed by atoms with Gasteiger partial charge >= 0.3 is 18.0 Å². The number of carboxylic acids is 1.